The molecule has 1 amide bonds. The van der Waals surface area contributed by atoms with E-state index in [0.29, 0.717) is 35.2 Å². The lowest BCUT2D eigenvalue weighted by molar-refractivity contribution is -0.135. The van der Waals surface area contributed by atoms with Crippen molar-refractivity contribution in [3.63, 3.8) is 0 Å². The molecule has 0 radical (unpaired) electrons. The Bertz CT molecular complexity index is 909. The van der Waals surface area contributed by atoms with Gasteiger partial charge in [0.05, 0.1) is 6.04 Å². The summed E-state index contributed by atoms with van der Waals surface area (Å²) in [6, 6.07) is -0.972. The molecule has 2 aromatic rings. The molecule has 9 heteroatoms. The number of hydrogen-bond acceptors (Lipinski definition) is 4. The van der Waals surface area contributed by atoms with Crippen LogP contribution in [-0.4, -0.2) is 43.7 Å². The molecule has 6 nitrogen and oxygen atoms in total. The van der Waals surface area contributed by atoms with Crippen LogP contribution in [0.3, 0.4) is 0 Å². The minimum absolute atomic E-state index is 0.106. The second-order valence-corrected chi connectivity index (χ2v) is 8.00. The molecule has 2 saturated heterocycles. The Morgan fingerprint density at radius 3 is 2.80 bits per heavy atom. The Labute approximate surface area is 150 Å². The minimum Gasteiger partial charge on any atom is -0.382 e. The number of nitrogens with two attached hydrogens (primary N) is 1. The van der Waals surface area contributed by atoms with Crippen LogP contribution in [0.4, 0.5) is 14.6 Å². The van der Waals surface area contributed by atoms with E-state index in [-0.39, 0.29) is 24.8 Å². The topological polar surface area (TPSA) is 76.5 Å². The highest BCUT2D eigenvalue weighted by Crippen LogP contribution is 2.65. The van der Waals surface area contributed by atoms with Gasteiger partial charge in [0.1, 0.15) is 21.4 Å². The number of carbonyl (C=O) groups is 1. The van der Waals surface area contributed by atoms with Gasteiger partial charge in [-0.05, 0) is 41.6 Å². The van der Waals surface area contributed by atoms with Gasteiger partial charge in [-0.2, -0.15) is 0 Å². The molecule has 1 spiro atoms. The number of fused-ring (bicyclic) bond motifs is 2. The number of amides is 1. The number of nitrogens with zero attached hydrogens (tertiary/aromatic N) is 4. The Hall–Kier alpha value is -1.77. The van der Waals surface area contributed by atoms with Crippen LogP contribution < -0.4 is 5.73 Å². The van der Waals surface area contributed by atoms with Crippen molar-refractivity contribution in [1.82, 2.24) is 19.3 Å². The molecule has 3 fully saturated rings. The Morgan fingerprint density at radius 2 is 2.08 bits per heavy atom. The summed E-state index contributed by atoms with van der Waals surface area (Å²) in [5, 5.41) is 0. The van der Waals surface area contributed by atoms with E-state index in [1.165, 1.54) is 4.90 Å². The number of carbonyl (C=O) groups excluding carboxylic acids is 1. The van der Waals surface area contributed by atoms with Crippen molar-refractivity contribution in [3.8, 4) is 0 Å². The molecule has 25 heavy (non-hydrogen) atoms. The van der Waals surface area contributed by atoms with Crippen molar-refractivity contribution in [1.29, 1.82) is 0 Å². The predicted octanol–water partition coefficient (Wildman–Crippen LogP) is 2.58. The highest BCUT2D eigenvalue weighted by Gasteiger charge is 2.77. The van der Waals surface area contributed by atoms with Gasteiger partial charge >= 0.3 is 0 Å². The van der Waals surface area contributed by atoms with Crippen molar-refractivity contribution in [2.45, 2.75) is 43.6 Å². The summed E-state index contributed by atoms with van der Waals surface area (Å²) in [5.41, 5.74) is 5.16. The molecule has 1 aliphatic carbocycles. The molecule has 2 N–H and O–H groups in total. The normalized spacial score (nSPS) is 29.4. The molecule has 2 aliphatic heterocycles. The first-order valence-corrected chi connectivity index (χ1v) is 9.13. The molecule has 1 saturated carbocycles. The zero-order valence-electron chi connectivity index (χ0n) is 13.3. The van der Waals surface area contributed by atoms with Crippen LogP contribution in [0.1, 0.15) is 37.4 Å². The fourth-order valence-electron chi connectivity index (χ4n) is 4.52. The Morgan fingerprint density at radius 1 is 1.32 bits per heavy atom. The van der Waals surface area contributed by atoms with E-state index in [9.17, 15) is 13.6 Å². The number of nitrogen functional groups attached to an aromatic ring is 1. The molecule has 3 aliphatic rings. The third-order valence-corrected chi connectivity index (χ3v) is 6.54. The van der Waals surface area contributed by atoms with Gasteiger partial charge < -0.3 is 10.6 Å². The van der Waals surface area contributed by atoms with Crippen molar-refractivity contribution < 1.29 is 13.6 Å². The smallest absolute Gasteiger partial charge is 0.282 e. The molecule has 2 aromatic heterocycles. The molecule has 132 valence electrons. The number of alkyl halides is 2. The lowest BCUT2D eigenvalue weighted by atomic mass is 9.89. The number of rotatable bonds is 1. The maximum absolute atomic E-state index is 14.7. The molecular weight excluding hydrogens is 396 g/mol. The van der Waals surface area contributed by atoms with Crippen molar-refractivity contribution in [2.24, 2.45) is 5.41 Å². The predicted molar refractivity (Wildman–Crippen MR) is 89.2 cm³/mol. The highest BCUT2D eigenvalue weighted by molar-refractivity contribution is 9.10. The maximum atomic E-state index is 14.7. The van der Waals surface area contributed by atoms with Crippen LogP contribution in [0.15, 0.2) is 17.0 Å². The van der Waals surface area contributed by atoms with E-state index in [1.54, 1.807) is 12.4 Å². The Balaban J connectivity index is 1.53. The second-order valence-electron chi connectivity index (χ2n) is 7.24. The van der Waals surface area contributed by atoms with Gasteiger partial charge in [-0.1, -0.05) is 0 Å². The van der Waals surface area contributed by atoms with Crippen LogP contribution >= 0.6 is 15.9 Å². The molecule has 5 rings (SSSR count). The summed E-state index contributed by atoms with van der Waals surface area (Å²) >= 11 is 3.40. The van der Waals surface area contributed by atoms with Gasteiger partial charge in [-0.15, -0.1) is 0 Å². The van der Waals surface area contributed by atoms with Crippen LogP contribution in [0, 0.1) is 5.41 Å². The van der Waals surface area contributed by atoms with Crippen molar-refractivity contribution in [2.75, 3.05) is 12.3 Å². The van der Waals surface area contributed by atoms with Crippen LogP contribution in [0.2, 0.25) is 0 Å². The molecule has 2 atom stereocenters. The summed E-state index contributed by atoms with van der Waals surface area (Å²) < 4.78 is 31.8. The summed E-state index contributed by atoms with van der Waals surface area (Å²) in [4.78, 5) is 22.6. The van der Waals surface area contributed by atoms with Crippen LogP contribution in [0.5, 0.6) is 0 Å². The number of piperidine rings is 1. The number of halogens is 3. The van der Waals surface area contributed by atoms with Crippen molar-refractivity contribution >= 4 is 33.2 Å². The molecule has 0 bridgehead atoms. The quantitative estimate of drug-likeness (QED) is 0.782. The lowest BCUT2D eigenvalue weighted by Gasteiger charge is -2.36. The third kappa shape index (κ3) is 1.79. The van der Waals surface area contributed by atoms with E-state index < -0.39 is 17.4 Å². The third-order valence-electron chi connectivity index (χ3n) is 5.99. The average Bonchev–Trinajstić information content (AvgIpc) is 3.31. The van der Waals surface area contributed by atoms with E-state index in [4.69, 9.17) is 5.73 Å². The van der Waals surface area contributed by atoms with E-state index >= 15 is 0 Å². The van der Waals surface area contributed by atoms with Gasteiger partial charge in [0.2, 0.25) is 5.91 Å². The van der Waals surface area contributed by atoms with E-state index in [1.807, 2.05) is 4.40 Å². The van der Waals surface area contributed by atoms with Crippen LogP contribution in [0.25, 0.3) is 5.52 Å². The molecular formula is C16H16BrF2N5O. The first-order valence-electron chi connectivity index (χ1n) is 8.33. The lowest BCUT2D eigenvalue weighted by Crippen LogP contribution is -2.46. The van der Waals surface area contributed by atoms with Gasteiger partial charge in [-0.3, -0.25) is 9.20 Å². The molecule has 0 aromatic carbocycles. The summed E-state index contributed by atoms with van der Waals surface area (Å²) in [6.07, 6.45) is 4.80. The first-order chi connectivity index (χ1) is 11.9. The second kappa shape index (κ2) is 4.69. The van der Waals surface area contributed by atoms with Gasteiger partial charge in [0.15, 0.2) is 5.82 Å². The monoisotopic (exact) mass is 411 g/mol. The number of anilines is 1. The largest absolute Gasteiger partial charge is 0.382 e. The molecule has 4 heterocycles. The summed E-state index contributed by atoms with van der Waals surface area (Å²) in [7, 11) is 0. The number of aromatic nitrogens is 3. The zero-order valence-corrected chi connectivity index (χ0v) is 14.8. The van der Waals surface area contributed by atoms with E-state index in [0.717, 1.165) is 5.82 Å². The number of imidazole rings is 1. The number of hydrogen-bond donors (Lipinski definition) is 1. The SMILES string of the molecule is Nc1nccn2c([C@@H]3CC[C@@H]4N(C3)C(=O)C3(CC3)C4(F)F)nc(Br)c12. The minimum atomic E-state index is -2.92. The average molecular weight is 412 g/mol. The highest BCUT2D eigenvalue weighted by atomic mass is 79.9. The van der Waals surface area contributed by atoms with Crippen LogP contribution in [-0.2, 0) is 4.79 Å². The van der Waals surface area contributed by atoms with Gasteiger partial charge in [-0.25, -0.2) is 18.7 Å². The van der Waals surface area contributed by atoms with Crippen molar-refractivity contribution in [3.05, 3.63) is 22.8 Å². The first kappa shape index (κ1) is 15.5. The summed E-state index contributed by atoms with van der Waals surface area (Å²) in [5.74, 6) is -2.33. The summed E-state index contributed by atoms with van der Waals surface area (Å²) in [6.45, 7) is 0.272. The van der Waals surface area contributed by atoms with Gasteiger partial charge in [0.25, 0.3) is 5.92 Å². The molecule has 0 unspecified atom stereocenters. The fraction of sp³-hybridized carbons (Fsp3) is 0.562. The maximum Gasteiger partial charge on any atom is 0.282 e. The fourth-order valence-corrected chi connectivity index (χ4v) is 5.10. The van der Waals surface area contributed by atoms with Gasteiger partial charge in [0, 0.05) is 24.9 Å². The Kier molecular flexibility index (Phi) is 2.90. The standard InChI is InChI=1S/C16H16BrF2N5O/c17-11-10-12(20)21-5-6-23(10)13(22-11)8-1-2-9-16(18,19)15(3-4-15)14(25)24(9)7-8/h5-6,8-9H,1-4,7H2,(H2,20,21)/t8-,9+/m1/s1. The zero-order chi connectivity index (χ0) is 17.6. The van der Waals surface area contributed by atoms with E-state index in [2.05, 4.69) is 25.9 Å².